The van der Waals surface area contributed by atoms with Gasteiger partial charge in [0.05, 0.1) is 0 Å². The third-order valence-electron chi connectivity index (χ3n) is 2.24. The molecule has 0 aromatic carbocycles. The highest BCUT2D eigenvalue weighted by molar-refractivity contribution is 7.87. The summed E-state index contributed by atoms with van der Waals surface area (Å²) in [7, 11) is -7.07. The van der Waals surface area contributed by atoms with E-state index in [-0.39, 0.29) is 0 Å². The van der Waals surface area contributed by atoms with Gasteiger partial charge in [0, 0.05) is 18.0 Å². The highest BCUT2D eigenvalue weighted by Gasteiger charge is 2.73. The van der Waals surface area contributed by atoms with Gasteiger partial charge in [0.25, 0.3) is 6.36 Å². The quantitative estimate of drug-likeness (QED) is 0.322. The van der Waals surface area contributed by atoms with Crippen LogP contribution in [-0.2, 0) is 30.7 Å². The molecule has 0 saturated carbocycles. The van der Waals surface area contributed by atoms with Gasteiger partial charge < -0.3 is 4.55 Å². The monoisotopic (exact) mass is 455 g/mol. The minimum Gasteiger partial charge on any atom is -0.768 e. The van der Waals surface area contributed by atoms with Crippen LogP contribution in [-0.4, -0.2) is 56.7 Å². The van der Waals surface area contributed by atoms with E-state index in [0.29, 0.717) is 0 Å². The van der Waals surface area contributed by atoms with Gasteiger partial charge in [-0.15, -0.1) is 0 Å². The Bertz CT molecular complexity index is 648. The molecule has 0 aliphatic rings. The van der Waals surface area contributed by atoms with Crippen LogP contribution in [0.1, 0.15) is 6.92 Å². The molecule has 3 unspecified atom stereocenters. The van der Waals surface area contributed by atoms with Gasteiger partial charge in [-0.3, -0.25) is 18.2 Å². The first-order chi connectivity index (χ1) is 11.0. The first-order valence-corrected chi connectivity index (χ1v) is 7.83. The molecule has 19 heteroatoms. The Morgan fingerprint density at radius 3 is 1.69 bits per heavy atom. The summed E-state index contributed by atoms with van der Waals surface area (Å²) in [5.74, 6) is -5.64. The van der Waals surface area contributed by atoms with Gasteiger partial charge in [0.1, 0.15) is 0 Å². The minimum absolute atomic E-state index is 0.903. The first kappa shape index (κ1) is 25.2. The van der Waals surface area contributed by atoms with E-state index in [0.717, 1.165) is 0 Å². The van der Waals surface area contributed by atoms with E-state index in [1.807, 2.05) is 0 Å². The molecule has 0 aliphatic heterocycles. The van der Waals surface area contributed by atoms with Gasteiger partial charge in [0.2, 0.25) is 0 Å². The summed E-state index contributed by atoms with van der Waals surface area (Å²) >= 11 is -4.77. The second-order valence-electron chi connectivity index (χ2n) is 4.27. The Hall–Kier alpha value is -0.760. The maximum absolute atomic E-state index is 13.5. The van der Waals surface area contributed by atoms with Crippen LogP contribution in [0.4, 0.5) is 43.9 Å². The summed E-state index contributed by atoms with van der Waals surface area (Å²) in [6.45, 7) is -0.903. The Morgan fingerprint density at radius 1 is 1.00 bits per heavy atom. The summed E-state index contributed by atoms with van der Waals surface area (Å²) in [6, 6.07) is 0. The Balaban J connectivity index is 5.71. The lowest BCUT2D eigenvalue weighted by Crippen LogP contribution is -2.58. The fourth-order valence-corrected chi connectivity index (χ4v) is 1.43. The van der Waals surface area contributed by atoms with Crippen molar-refractivity contribution in [2.75, 3.05) is 0 Å². The van der Waals surface area contributed by atoms with Crippen LogP contribution in [0.2, 0.25) is 0 Å². The number of ether oxygens (including phenoxy) is 2. The van der Waals surface area contributed by atoms with Gasteiger partial charge in [-0.1, -0.05) is 0 Å². The van der Waals surface area contributed by atoms with Crippen molar-refractivity contribution in [2.45, 2.75) is 41.9 Å². The van der Waals surface area contributed by atoms with Crippen molar-refractivity contribution in [1.29, 1.82) is 0 Å². The van der Waals surface area contributed by atoms with Gasteiger partial charge in [-0.05, 0) is 0 Å². The molecule has 0 fully saturated rings. The third kappa shape index (κ3) is 4.74. The molecule has 26 heavy (non-hydrogen) atoms. The molecule has 7 nitrogen and oxygen atoms in total. The molecule has 0 radical (unpaired) electrons. The summed E-state index contributed by atoms with van der Waals surface area (Å²) in [6.07, 6.45) is -18.0. The summed E-state index contributed by atoms with van der Waals surface area (Å²) in [4.78, 5) is 0. The van der Waals surface area contributed by atoms with Gasteiger partial charge >= 0.3 is 38.7 Å². The summed E-state index contributed by atoms with van der Waals surface area (Å²) < 4.78 is 182. The van der Waals surface area contributed by atoms with Crippen LogP contribution >= 0.6 is 0 Å². The van der Waals surface area contributed by atoms with Gasteiger partial charge in [0.15, 0.2) is 0 Å². The van der Waals surface area contributed by atoms with Crippen molar-refractivity contribution < 1.29 is 75.1 Å². The maximum atomic E-state index is 13.5. The molecule has 0 aromatic rings. The second kappa shape index (κ2) is 7.00. The average molecular weight is 455 g/mol. The molecule has 158 valence electrons. The molecular weight excluding hydrogens is 450 g/mol. The van der Waals surface area contributed by atoms with Crippen molar-refractivity contribution in [1.82, 2.24) is 0 Å². The largest absolute Gasteiger partial charge is 0.768 e. The molecule has 0 saturated heterocycles. The fourth-order valence-electron chi connectivity index (χ4n) is 0.889. The lowest BCUT2D eigenvalue weighted by molar-refractivity contribution is -0.468. The molecule has 3 atom stereocenters. The molecule has 0 amide bonds. The topological polar surface area (TPSA) is 113 Å². The fraction of sp³-hybridized carbons (Fsp3) is 1.00. The van der Waals surface area contributed by atoms with Crippen LogP contribution in [0.5, 0.6) is 0 Å². The van der Waals surface area contributed by atoms with Crippen molar-refractivity contribution in [3.05, 3.63) is 0 Å². The average Bonchev–Trinajstić information content (AvgIpc) is 2.34. The van der Waals surface area contributed by atoms with Gasteiger partial charge in [-0.25, -0.2) is 8.78 Å². The van der Waals surface area contributed by atoms with E-state index >= 15 is 0 Å². The van der Waals surface area contributed by atoms with Crippen LogP contribution < -0.4 is 0 Å². The number of alkyl halides is 10. The van der Waals surface area contributed by atoms with E-state index in [9.17, 15) is 61.1 Å². The predicted molar refractivity (Wildman–Crippen MR) is 56.8 cm³/mol. The Morgan fingerprint density at radius 2 is 1.38 bits per heavy atom. The third-order valence-corrected chi connectivity index (χ3v) is 3.76. The van der Waals surface area contributed by atoms with Crippen molar-refractivity contribution >= 4 is 21.2 Å². The molecular formula is C7H5F10O7S2-. The zero-order valence-corrected chi connectivity index (χ0v) is 13.2. The molecule has 0 aromatic heterocycles. The lowest BCUT2D eigenvalue weighted by Gasteiger charge is -2.35. The number of hydrogen-bond acceptors (Lipinski definition) is 6. The van der Waals surface area contributed by atoms with Crippen molar-refractivity contribution in [2.24, 2.45) is 0 Å². The van der Waals surface area contributed by atoms with Gasteiger partial charge in [-0.2, -0.15) is 43.5 Å². The molecule has 0 bridgehead atoms. The highest BCUT2D eigenvalue weighted by Crippen LogP contribution is 2.47. The summed E-state index contributed by atoms with van der Waals surface area (Å²) in [5, 5.41) is -12.5. The zero-order chi connectivity index (χ0) is 21.6. The SMILES string of the molecule is CC(F)(OC(F)(F)C(F)(F)S(=O)(=O)O)C(F)(F)OC(F)C(F)(F)S(=O)[O-]. The zero-order valence-electron chi connectivity index (χ0n) is 11.6. The smallest absolute Gasteiger partial charge is 0.460 e. The highest BCUT2D eigenvalue weighted by atomic mass is 32.2. The van der Waals surface area contributed by atoms with E-state index in [1.165, 1.54) is 0 Å². The standard InChI is InChI=1S/C7H6F10O7S2/c1-3(9,24-6(14,15)7(16,17)26(20,21)22)5(12,13)23-2(8)4(10,11)25(18)19/h2H,1H3,(H,18,19)(H,20,21,22)/p-1. The van der Waals surface area contributed by atoms with E-state index in [2.05, 4.69) is 9.47 Å². The Labute approximate surface area is 139 Å². The predicted octanol–water partition coefficient (Wildman–Crippen LogP) is 2.14. The number of halogens is 10. The molecule has 0 heterocycles. The van der Waals surface area contributed by atoms with Crippen molar-refractivity contribution in [3.8, 4) is 0 Å². The van der Waals surface area contributed by atoms with Crippen molar-refractivity contribution in [3.63, 3.8) is 0 Å². The molecule has 1 N–H and O–H groups in total. The molecule has 0 aliphatic carbocycles. The second-order valence-corrected chi connectivity index (χ2v) is 6.75. The molecule has 0 rings (SSSR count). The number of hydrogen-bond donors (Lipinski definition) is 1. The number of rotatable bonds is 9. The normalized spacial score (nSPS) is 19.7. The van der Waals surface area contributed by atoms with Crippen LogP contribution in [0.3, 0.4) is 0 Å². The molecule has 0 spiro atoms. The first-order valence-electron chi connectivity index (χ1n) is 5.31. The van der Waals surface area contributed by atoms with E-state index in [1.54, 1.807) is 0 Å². The van der Waals surface area contributed by atoms with Crippen LogP contribution in [0, 0.1) is 0 Å². The minimum atomic E-state index is -7.07. The van der Waals surface area contributed by atoms with E-state index in [4.69, 9.17) is 4.55 Å². The van der Waals surface area contributed by atoms with Crippen LogP contribution in [0.25, 0.3) is 0 Å². The van der Waals surface area contributed by atoms with E-state index < -0.39 is 63.1 Å². The summed E-state index contributed by atoms with van der Waals surface area (Å²) in [5.41, 5.74) is 0. The lowest BCUT2D eigenvalue weighted by atomic mass is 10.3. The Kier molecular flexibility index (Phi) is 6.80. The van der Waals surface area contributed by atoms with Crippen LogP contribution in [0.15, 0.2) is 0 Å². The maximum Gasteiger partial charge on any atom is 0.460 e.